The van der Waals surface area contributed by atoms with E-state index in [1.54, 1.807) is 4.90 Å². The molecule has 0 spiro atoms. The van der Waals surface area contributed by atoms with Gasteiger partial charge in [-0.25, -0.2) is 4.79 Å². The highest BCUT2D eigenvalue weighted by Gasteiger charge is 2.28. The van der Waals surface area contributed by atoms with E-state index in [4.69, 9.17) is 0 Å². The smallest absolute Gasteiger partial charge is 0.317 e. The molecule has 25 heavy (non-hydrogen) atoms. The van der Waals surface area contributed by atoms with Crippen LogP contribution in [0.1, 0.15) is 37.7 Å². The minimum absolute atomic E-state index is 0.00418. The Morgan fingerprint density at radius 2 is 1.96 bits per heavy atom. The molecule has 1 saturated heterocycles. The second-order valence-electron chi connectivity index (χ2n) is 7.44. The number of carbonyl (C=O) groups is 2. The number of likely N-dealkylation sites (tertiary alicyclic amines) is 1. The number of aryl methyl sites for hydroxylation is 1. The van der Waals surface area contributed by atoms with E-state index in [0.717, 1.165) is 25.9 Å². The van der Waals surface area contributed by atoms with E-state index >= 15 is 0 Å². The van der Waals surface area contributed by atoms with E-state index in [9.17, 15) is 9.59 Å². The number of hydrogen-bond acceptors (Lipinski definition) is 2. The molecule has 1 aromatic rings. The van der Waals surface area contributed by atoms with Gasteiger partial charge in [0.1, 0.15) is 0 Å². The zero-order valence-electron chi connectivity index (χ0n) is 15.1. The summed E-state index contributed by atoms with van der Waals surface area (Å²) in [5.74, 6) is 0.860. The number of nitrogens with zero attached hydrogens (tertiary/aromatic N) is 2. The number of hydrogen-bond donors (Lipinski definition) is 1. The summed E-state index contributed by atoms with van der Waals surface area (Å²) in [5, 5.41) is 3.08. The Morgan fingerprint density at radius 1 is 1.20 bits per heavy atom. The van der Waals surface area contributed by atoms with Crippen LogP contribution in [0.4, 0.5) is 4.79 Å². The summed E-state index contributed by atoms with van der Waals surface area (Å²) in [4.78, 5) is 28.3. The maximum Gasteiger partial charge on any atom is 0.317 e. The lowest BCUT2D eigenvalue weighted by Crippen LogP contribution is -2.46. The van der Waals surface area contributed by atoms with Gasteiger partial charge in [0.05, 0.1) is 0 Å². The Labute approximate surface area is 150 Å². The molecule has 0 radical (unpaired) electrons. The molecule has 0 unspecified atom stereocenters. The van der Waals surface area contributed by atoms with Gasteiger partial charge in [0.25, 0.3) is 0 Å². The van der Waals surface area contributed by atoms with Gasteiger partial charge < -0.3 is 15.1 Å². The lowest BCUT2D eigenvalue weighted by atomic mass is 9.85. The van der Waals surface area contributed by atoms with Gasteiger partial charge in [-0.2, -0.15) is 0 Å². The van der Waals surface area contributed by atoms with E-state index in [1.165, 1.54) is 24.8 Å². The number of rotatable bonds is 6. The molecular weight excluding hydrogens is 314 g/mol. The van der Waals surface area contributed by atoms with E-state index in [-0.39, 0.29) is 18.0 Å². The van der Waals surface area contributed by atoms with Gasteiger partial charge in [-0.15, -0.1) is 0 Å². The van der Waals surface area contributed by atoms with Crippen molar-refractivity contribution in [2.75, 3.05) is 26.7 Å². The third-order valence-corrected chi connectivity index (χ3v) is 5.44. The molecule has 3 rings (SSSR count). The van der Waals surface area contributed by atoms with Crippen LogP contribution in [-0.2, 0) is 11.2 Å². The summed E-state index contributed by atoms with van der Waals surface area (Å²) in [5.41, 5.74) is 1.19. The topological polar surface area (TPSA) is 52.7 Å². The van der Waals surface area contributed by atoms with Crippen LogP contribution in [-0.4, -0.2) is 54.5 Å². The molecule has 1 heterocycles. The third kappa shape index (κ3) is 4.97. The highest BCUT2D eigenvalue weighted by molar-refractivity contribution is 5.77. The van der Waals surface area contributed by atoms with Crippen molar-refractivity contribution in [1.82, 2.24) is 15.1 Å². The monoisotopic (exact) mass is 343 g/mol. The SMILES string of the molecule is CN(CC1CCC1)C(=O)N[C@@H]1CCN(C(=O)CCc2ccccc2)C1. The predicted octanol–water partition coefficient (Wildman–Crippen LogP) is 2.66. The third-order valence-electron chi connectivity index (χ3n) is 5.44. The second-order valence-corrected chi connectivity index (χ2v) is 7.44. The van der Waals surface area contributed by atoms with Gasteiger partial charge in [-0.1, -0.05) is 36.8 Å². The first-order valence-electron chi connectivity index (χ1n) is 9.45. The molecule has 0 aromatic heterocycles. The van der Waals surface area contributed by atoms with Gasteiger partial charge in [-0.05, 0) is 37.2 Å². The van der Waals surface area contributed by atoms with Gasteiger partial charge in [0.15, 0.2) is 0 Å². The largest absolute Gasteiger partial charge is 0.341 e. The van der Waals surface area contributed by atoms with Crippen LogP contribution in [0.3, 0.4) is 0 Å². The zero-order chi connectivity index (χ0) is 17.6. The van der Waals surface area contributed by atoms with E-state index < -0.39 is 0 Å². The Hall–Kier alpha value is -2.04. The molecule has 2 aliphatic rings. The Morgan fingerprint density at radius 3 is 2.64 bits per heavy atom. The number of carbonyl (C=O) groups excluding carboxylic acids is 2. The summed E-state index contributed by atoms with van der Waals surface area (Å²) in [6.07, 6.45) is 5.93. The van der Waals surface area contributed by atoms with Crippen LogP contribution in [0, 0.1) is 5.92 Å². The van der Waals surface area contributed by atoms with Crippen molar-refractivity contribution in [3.63, 3.8) is 0 Å². The lowest BCUT2D eigenvalue weighted by Gasteiger charge is -2.30. The molecule has 0 bridgehead atoms. The van der Waals surface area contributed by atoms with Crippen LogP contribution in [0.25, 0.3) is 0 Å². The van der Waals surface area contributed by atoms with Crippen LogP contribution in [0.2, 0.25) is 0 Å². The average Bonchev–Trinajstić information content (AvgIpc) is 3.05. The molecule has 1 aromatic carbocycles. The highest BCUT2D eigenvalue weighted by Crippen LogP contribution is 2.26. The molecule has 1 aliphatic carbocycles. The molecule has 136 valence electrons. The maximum atomic E-state index is 12.4. The number of nitrogens with one attached hydrogen (secondary N) is 1. The summed E-state index contributed by atoms with van der Waals surface area (Å²) < 4.78 is 0. The standard InChI is InChI=1S/C20H29N3O2/c1-22(14-17-8-5-9-17)20(25)21-18-12-13-23(15-18)19(24)11-10-16-6-3-2-4-7-16/h2-4,6-7,17-18H,5,8-15H2,1H3,(H,21,25)/t18-/m1/s1. The maximum absolute atomic E-state index is 12.4. The fraction of sp³-hybridized carbons (Fsp3) is 0.600. The second kappa shape index (κ2) is 8.37. The fourth-order valence-corrected chi connectivity index (χ4v) is 3.59. The normalized spacial score (nSPS) is 20.2. The first kappa shape index (κ1) is 17.8. The van der Waals surface area contributed by atoms with Crippen molar-refractivity contribution in [3.05, 3.63) is 35.9 Å². The van der Waals surface area contributed by atoms with Crippen LogP contribution >= 0.6 is 0 Å². The summed E-state index contributed by atoms with van der Waals surface area (Å²) >= 11 is 0. The lowest BCUT2D eigenvalue weighted by molar-refractivity contribution is -0.130. The van der Waals surface area contributed by atoms with Gasteiger partial charge in [0, 0.05) is 39.1 Å². The van der Waals surface area contributed by atoms with Gasteiger partial charge in [0.2, 0.25) is 5.91 Å². The van der Waals surface area contributed by atoms with E-state index in [0.29, 0.717) is 18.9 Å². The molecule has 1 aliphatic heterocycles. The predicted molar refractivity (Wildman–Crippen MR) is 98.3 cm³/mol. The van der Waals surface area contributed by atoms with Crippen molar-refractivity contribution >= 4 is 11.9 Å². The molecule has 1 atom stereocenters. The minimum Gasteiger partial charge on any atom is -0.341 e. The quantitative estimate of drug-likeness (QED) is 0.863. The van der Waals surface area contributed by atoms with Crippen molar-refractivity contribution in [2.24, 2.45) is 5.92 Å². The molecule has 5 heteroatoms. The first-order valence-corrected chi connectivity index (χ1v) is 9.45. The molecule has 1 N–H and O–H groups in total. The van der Waals surface area contributed by atoms with Crippen molar-refractivity contribution in [1.29, 1.82) is 0 Å². The Kier molecular flexibility index (Phi) is 5.95. The fourth-order valence-electron chi connectivity index (χ4n) is 3.59. The number of urea groups is 1. The summed E-state index contributed by atoms with van der Waals surface area (Å²) in [6, 6.07) is 10.2. The number of benzene rings is 1. The van der Waals surface area contributed by atoms with Crippen molar-refractivity contribution in [3.8, 4) is 0 Å². The summed E-state index contributed by atoms with van der Waals surface area (Å²) in [6.45, 7) is 2.22. The van der Waals surface area contributed by atoms with Crippen LogP contribution in [0.5, 0.6) is 0 Å². The minimum atomic E-state index is -0.00418. The van der Waals surface area contributed by atoms with Gasteiger partial charge in [-0.3, -0.25) is 4.79 Å². The Bertz CT molecular complexity index is 586. The van der Waals surface area contributed by atoms with Crippen LogP contribution in [0.15, 0.2) is 30.3 Å². The van der Waals surface area contributed by atoms with Crippen LogP contribution < -0.4 is 5.32 Å². The van der Waals surface area contributed by atoms with E-state index in [1.807, 2.05) is 30.1 Å². The molecule has 5 nitrogen and oxygen atoms in total. The molecule has 3 amide bonds. The highest BCUT2D eigenvalue weighted by atomic mass is 16.2. The molecule has 2 fully saturated rings. The summed E-state index contributed by atoms with van der Waals surface area (Å²) in [7, 11) is 1.87. The van der Waals surface area contributed by atoms with Crippen molar-refractivity contribution in [2.45, 2.75) is 44.6 Å². The Balaban J connectivity index is 1.38. The van der Waals surface area contributed by atoms with Gasteiger partial charge >= 0.3 is 6.03 Å². The van der Waals surface area contributed by atoms with E-state index in [2.05, 4.69) is 17.4 Å². The first-order chi connectivity index (χ1) is 12.1. The number of amides is 3. The zero-order valence-corrected chi connectivity index (χ0v) is 15.1. The molecule has 1 saturated carbocycles. The molecular formula is C20H29N3O2. The average molecular weight is 343 g/mol. The van der Waals surface area contributed by atoms with Crippen molar-refractivity contribution < 1.29 is 9.59 Å².